The molecule has 0 atom stereocenters. The number of hydrogen-bond acceptors (Lipinski definition) is 5. The molecule has 0 amide bonds. The van der Waals surface area contributed by atoms with Crippen molar-refractivity contribution in [3.63, 3.8) is 0 Å². The lowest BCUT2D eigenvalue weighted by Gasteiger charge is -2.06. The van der Waals surface area contributed by atoms with Crippen LogP contribution in [-0.2, 0) is 0 Å². The van der Waals surface area contributed by atoms with Gasteiger partial charge in [0.1, 0.15) is 16.4 Å². The fraction of sp³-hybridized carbons (Fsp3) is 0.429. The summed E-state index contributed by atoms with van der Waals surface area (Å²) >= 11 is 7.76. The van der Waals surface area contributed by atoms with Crippen LogP contribution in [0.25, 0.3) is 10.1 Å². The average Bonchev–Trinajstić information content (AvgIpc) is 3.19. The molecule has 1 heterocycles. The molecule has 0 bridgehead atoms. The first kappa shape index (κ1) is 26.1. The maximum atomic E-state index is 12.6. The smallest absolute Gasteiger partial charge is 0.355 e. The number of nitriles is 1. The summed E-state index contributed by atoms with van der Waals surface area (Å²) in [5.74, 6) is 0.648. The van der Waals surface area contributed by atoms with E-state index in [1.54, 1.807) is 24.3 Å². The number of hydrogen-bond donors (Lipinski definition) is 0. The number of rotatable bonds is 14. The monoisotopic (exact) mass is 497 g/mol. The number of nitrogens with zero attached hydrogens (tertiary/aromatic N) is 1. The molecule has 0 saturated carbocycles. The van der Waals surface area contributed by atoms with E-state index in [1.807, 2.05) is 24.3 Å². The molecule has 0 saturated heterocycles. The van der Waals surface area contributed by atoms with E-state index >= 15 is 0 Å². The summed E-state index contributed by atoms with van der Waals surface area (Å²) in [6.07, 6.45) is 12.9. The van der Waals surface area contributed by atoms with Crippen LogP contribution in [0.15, 0.2) is 42.5 Å². The van der Waals surface area contributed by atoms with Crippen molar-refractivity contribution in [3.05, 3.63) is 57.9 Å². The summed E-state index contributed by atoms with van der Waals surface area (Å²) in [6, 6.07) is 14.2. The van der Waals surface area contributed by atoms with Crippen LogP contribution in [0.3, 0.4) is 0 Å². The minimum Gasteiger partial charge on any atom is -0.494 e. The van der Waals surface area contributed by atoms with Crippen LogP contribution in [0.4, 0.5) is 0 Å². The van der Waals surface area contributed by atoms with Crippen molar-refractivity contribution in [1.29, 1.82) is 5.26 Å². The molecule has 34 heavy (non-hydrogen) atoms. The van der Waals surface area contributed by atoms with Gasteiger partial charge in [0.25, 0.3) is 0 Å². The maximum absolute atomic E-state index is 12.6. The fourth-order valence-corrected chi connectivity index (χ4v) is 5.21. The van der Waals surface area contributed by atoms with Crippen LogP contribution >= 0.6 is 22.9 Å². The normalized spacial score (nSPS) is 10.9. The van der Waals surface area contributed by atoms with Crippen molar-refractivity contribution in [2.24, 2.45) is 0 Å². The number of benzene rings is 2. The van der Waals surface area contributed by atoms with Crippen molar-refractivity contribution < 1.29 is 14.3 Å². The molecule has 0 aliphatic rings. The SMILES string of the molecule is CCCCCCCCCCCCOc1ccc2c(Cl)c(C(=O)Oc3ccc(C#N)cc3)sc2c1. The first-order valence-electron chi connectivity index (χ1n) is 12.2. The number of carbonyl (C=O) groups is 1. The summed E-state index contributed by atoms with van der Waals surface area (Å²) in [5, 5.41) is 10.1. The number of esters is 1. The summed E-state index contributed by atoms with van der Waals surface area (Å²) in [5.41, 5.74) is 0.505. The van der Waals surface area contributed by atoms with Crippen LogP contribution in [0.1, 0.15) is 86.4 Å². The van der Waals surface area contributed by atoms with Crippen molar-refractivity contribution in [1.82, 2.24) is 0 Å². The highest BCUT2D eigenvalue weighted by Gasteiger charge is 2.19. The molecule has 3 aromatic rings. The highest BCUT2D eigenvalue weighted by Crippen LogP contribution is 2.38. The average molecular weight is 498 g/mol. The topological polar surface area (TPSA) is 59.3 Å². The van der Waals surface area contributed by atoms with E-state index in [2.05, 4.69) is 6.92 Å². The predicted octanol–water partition coefficient (Wildman–Crippen LogP) is 8.95. The highest BCUT2D eigenvalue weighted by atomic mass is 35.5. The maximum Gasteiger partial charge on any atom is 0.355 e. The number of unbranched alkanes of at least 4 members (excludes halogenated alkanes) is 9. The Morgan fingerprint density at radius 2 is 1.53 bits per heavy atom. The number of ether oxygens (including phenoxy) is 2. The van der Waals surface area contributed by atoms with Crippen molar-refractivity contribution in [2.75, 3.05) is 6.61 Å². The Labute approximate surface area is 211 Å². The lowest BCUT2D eigenvalue weighted by atomic mass is 10.1. The van der Waals surface area contributed by atoms with Crippen molar-refractivity contribution >= 4 is 39.0 Å². The number of halogens is 1. The van der Waals surface area contributed by atoms with Gasteiger partial charge in [-0.1, -0.05) is 76.3 Å². The van der Waals surface area contributed by atoms with E-state index < -0.39 is 5.97 Å². The number of carbonyl (C=O) groups excluding carboxylic acids is 1. The fourth-order valence-electron chi connectivity index (χ4n) is 3.80. The van der Waals surface area contributed by atoms with Crippen LogP contribution in [0.5, 0.6) is 11.5 Å². The Balaban J connectivity index is 1.44. The summed E-state index contributed by atoms with van der Waals surface area (Å²) < 4.78 is 12.3. The Morgan fingerprint density at radius 3 is 2.18 bits per heavy atom. The van der Waals surface area contributed by atoms with E-state index in [0.717, 1.165) is 22.3 Å². The molecular formula is C28H32ClNO3S. The van der Waals surface area contributed by atoms with E-state index in [-0.39, 0.29) is 0 Å². The van der Waals surface area contributed by atoms with Crippen molar-refractivity contribution in [3.8, 4) is 17.6 Å². The van der Waals surface area contributed by atoms with Gasteiger partial charge in [-0.2, -0.15) is 5.26 Å². The molecule has 0 radical (unpaired) electrons. The number of fused-ring (bicyclic) bond motifs is 1. The number of thiophene rings is 1. The molecular weight excluding hydrogens is 466 g/mol. The van der Waals surface area contributed by atoms with Gasteiger partial charge in [0.15, 0.2) is 0 Å². The zero-order chi connectivity index (χ0) is 24.2. The highest BCUT2D eigenvalue weighted by molar-refractivity contribution is 7.21. The van der Waals surface area contributed by atoms with Crippen LogP contribution in [-0.4, -0.2) is 12.6 Å². The van der Waals surface area contributed by atoms with E-state index in [9.17, 15) is 4.79 Å². The summed E-state index contributed by atoms with van der Waals surface area (Å²) in [6.45, 7) is 2.94. The first-order valence-corrected chi connectivity index (χ1v) is 13.4. The lowest BCUT2D eigenvalue weighted by Crippen LogP contribution is -2.06. The van der Waals surface area contributed by atoms with Gasteiger partial charge in [-0.3, -0.25) is 0 Å². The van der Waals surface area contributed by atoms with E-state index in [0.29, 0.717) is 27.8 Å². The zero-order valence-electron chi connectivity index (χ0n) is 19.8. The Hall–Kier alpha value is -2.55. The molecule has 1 aromatic heterocycles. The van der Waals surface area contributed by atoms with Gasteiger partial charge in [-0.25, -0.2) is 4.79 Å². The van der Waals surface area contributed by atoms with Crippen LogP contribution in [0, 0.1) is 11.3 Å². The molecule has 0 aliphatic heterocycles. The first-order chi connectivity index (χ1) is 16.6. The van der Waals surface area contributed by atoms with Gasteiger partial charge >= 0.3 is 5.97 Å². The van der Waals surface area contributed by atoms with Gasteiger partial charge in [0.2, 0.25) is 0 Å². The largest absolute Gasteiger partial charge is 0.494 e. The Bertz CT molecular complexity index is 1100. The second kappa shape index (κ2) is 14.0. The third kappa shape index (κ3) is 7.75. The molecule has 0 N–H and O–H groups in total. The second-order valence-corrected chi connectivity index (χ2v) is 9.89. The molecule has 6 heteroatoms. The lowest BCUT2D eigenvalue weighted by molar-refractivity contribution is 0.0740. The summed E-state index contributed by atoms with van der Waals surface area (Å²) in [7, 11) is 0. The molecule has 180 valence electrons. The Morgan fingerprint density at radius 1 is 0.912 bits per heavy atom. The molecule has 3 rings (SSSR count). The van der Waals surface area contributed by atoms with Gasteiger partial charge in [-0.05, 0) is 48.9 Å². The van der Waals surface area contributed by atoms with Gasteiger partial charge < -0.3 is 9.47 Å². The molecule has 0 unspecified atom stereocenters. The second-order valence-electron chi connectivity index (χ2n) is 8.46. The van der Waals surface area contributed by atoms with Crippen LogP contribution < -0.4 is 9.47 Å². The standard InChI is InChI=1S/C28H32ClNO3S/c1-2-3-4-5-6-7-8-9-10-11-18-32-23-16-17-24-25(19-23)34-27(26(24)29)28(31)33-22-14-12-21(20-30)13-15-22/h12-17,19H,2-11,18H2,1H3. The van der Waals surface area contributed by atoms with Crippen molar-refractivity contribution in [2.45, 2.75) is 71.1 Å². The molecule has 0 spiro atoms. The third-order valence-electron chi connectivity index (χ3n) is 5.75. The van der Waals surface area contributed by atoms with Gasteiger partial charge in [-0.15, -0.1) is 11.3 Å². The summed E-state index contributed by atoms with van der Waals surface area (Å²) in [4.78, 5) is 13.0. The third-order valence-corrected chi connectivity index (χ3v) is 7.38. The molecule has 4 nitrogen and oxygen atoms in total. The minimum absolute atomic E-state index is 0.355. The minimum atomic E-state index is -0.510. The molecule has 2 aromatic carbocycles. The van der Waals surface area contributed by atoms with Gasteiger partial charge in [0, 0.05) is 10.1 Å². The van der Waals surface area contributed by atoms with Gasteiger partial charge in [0.05, 0.1) is 23.3 Å². The molecule has 0 aliphatic carbocycles. The molecule has 0 fully saturated rings. The zero-order valence-corrected chi connectivity index (χ0v) is 21.4. The quantitative estimate of drug-likeness (QED) is 0.127. The van der Waals surface area contributed by atoms with E-state index in [4.69, 9.17) is 26.3 Å². The predicted molar refractivity (Wildman–Crippen MR) is 140 cm³/mol. The Kier molecular flexibility index (Phi) is 10.7. The van der Waals surface area contributed by atoms with Crippen LogP contribution in [0.2, 0.25) is 5.02 Å². The van der Waals surface area contributed by atoms with E-state index in [1.165, 1.54) is 69.1 Å².